The molecule has 172 valence electrons. The molecule has 1 rings (SSSR count). The summed E-state index contributed by atoms with van der Waals surface area (Å²) < 4.78 is 5.27. The Hall–Kier alpha value is -1.30. The number of aromatic nitrogens is 2. The Morgan fingerprint density at radius 3 is 2.33 bits per heavy atom. The van der Waals surface area contributed by atoms with E-state index in [1.165, 1.54) is 38.5 Å². The molecule has 0 spiro atoms. The van der Waals surface area contributed by atoms with Gasteiger partial charge in [0, 0.05) is 23.9 Å². The summed E-state index contributed by atoms with van der Waals surface area (Å²) in [6.07, 6.45) is 14.2. The highest BCUT2D eigenvalue weighted by Crippen LogP contribution is 2.16. The molecule has 0 radical (unpaired) electrons. The molecule has 1 heterocycles. The number of nitrogens with one attached hydrogen (secondary N) is 1. The Balaban J connectivity index is 1.90. The van der Waals surface area contributed by atoms with Crippen molar-refractivity contribution in [3.8, 4) is 0 Å². The van der Waals surface area contributed by atoms with Crippen molar-refractivity contribution in [3.63, 3.8) is 0 Å². The van der Waals surface area contributed by atoms with E-state index < -0.39 is 0 Å². The van der Waals surface area contributed by atoms with Gasteiger partial charge < -0.3 is 9.72 Å². The van der Waals surface area contributed by atoms with Gasteiger partial charge in [0.2, 0.25) is 0 Å². The Labute approximate surface area is 187 Å². The summed E-state index contributed by atoms with van der Waals surface area (Å²) in [4.78, 5) is 30.5. The number of carbonyl (C=O) groups is 1. The van der Waals surface area contributed by atoms with Gasteiger partial charge in [-0.05, 0) is 31.6 Å². The zero-order chi connectivity index (χ0) is 22.0. The summed E-state index contributed by atoms with van der Waals surface area (Å²) in [5.41, 5.74) is 0.855. The van der Waals surface area contributed by atoms with Crippen LogP contribution in [0.2, 0.25) is 0 Å². The quantitative estimate of drug-likeness (QED) is 0.126. The lowest BCUT2D eigenvalue weighted by Crippen LogP contribution is -2.10. The first-order valence-corrected chi connectivity index (χ1v) is 12.9. The van der Waals surface area contributed by atoms with Gasteiger partial charge in [-0.1, -0.05) is 83.9 Å². The highest BCUT2D eigenvalue weighted by atomic mass is 32.2. The second kappa shape index (κ2) is 17.4. The number of esters is 1. The van der Waals surface area contributed by atoms with Crippen molar-refractivity contribution in [2.45, 2.75) is 109 Å². The first kappa shape index (κ1) is 26.7. The second-order valence-electron chi connectivity index (χ2n) is 8.48. The lowest BCUT2D eigenvalue weighted by atomic mass is 10.1. The van der Waals surface area contributed by atoms with E-state index in [0.29, 0.717) is 18.9 Å². The van der Waals surface area contributed by atoms with Gasteiger partial charge in [0.1, 0.15) is 0 Å². The molecular weight excluding hydrogens is 396 g/mol. The normalized spacial score (nSPS) is 11.2. The number of ether oxygens (including phenoxy) is 1. The second-order valence-corrected chi connectivity index (χ2v) is 9.56. The molecule has 0 aromatic carbocycles. The maximum Gasteiger partial charge on any atom is 0.305 e. The third-order valence-corrected chi connectivity index (χ3v) is 5.96. The fourth-order valence-corrected chi connectivity index (χ4v) is 4.11. The zero-order valence-corrected chi connectivity index (χ0v) is 20.2. The Bertz CT molecular complexity index is 631. The zero-order valence-electron chi connectivity index (χ0n) is 19.3. The molecule has 0 amide bonds. The fraction of sp³-hybridized carbons (Fsp3) is 0.792. The van der Waals surface area contributed by atoms with E-state index >= 15 is 0 Å². The van der Waals surface area contributed by atoms with Gasteiger partial charge >= 0.3 is 5.97 Å². The van der Waals surface area contributed by atoms with Gasteiger partial charge in [0.15, 0.2) is 5.16 Å². The molecule has 1 aromatic rings. The molecule has 0 aliphatic heterocycles. The molecule has 0 aliphatic rings. The van der Waals surface area contributed by atoms with Gasteiger partial charge in [-0.25, -0.2) is 4.98 Å². The van der Waals surface area contributed by atoms with Crippen molar-refractivity contribution in [2.75, 3.05) is 12.4 Å². The number of unbranched alkanes of at least 4 members (excludes halogenated alkanes) is 8. The number of carbonyl (C=O) groups excluding carboxylic acids is 1. The van der Waals surface area contributed by atoms with Crippen LogP contribution in [0.25, 0.3) is 0 Å². The van der Waals surface area contributed by atoms with Gasteiger partial charge in [0.05, 0.1) is 6.61 Å². The Kier molecular flexibility index (Phi) is 15.5. The van der Waals surface area contributed by atoms with E-state index in [1.807, 2.05) is 0 Å². The summed E-state index contributed by atoms with van der Waals surface area (Å²) in [7, 11) is 0. The van der Waals surface area contributed by atoms with Crippen LogP contribution in [0.3, 0.4) is 0 Å². The lowest BCUT2D eigenvalue weighted by molar-refractivity contribution is -0.144. The highest BCUT2D eigenvalue weighted by Gasteiger charge is 2.04. The van der Waals surface area contributed by atoms with Crippen LogP contribution in [-0.2, 0) is 16.0 Å². The molecule has 30 heavy (non-hydrogen) atoms. The van der Waals surface area contributed by atoms with Gasteiger partial charge in [-0.3, -0.25) is 9.59 Å². The Morgan fingerprint density at radius 2 is 1.70 bits per heavy atom. The van der Waals surface area contributed by atoms with Crippen molar-refractivity contribution >= 4 is 17.7 Å². The molecule has 0 unspecified atom stereocenters. The summed E-state index contributed by atoms with van der Waals surface area (Å²) in [6.45, 7) is 6.93. The number of hydrogen-bond acceptors (Lipinski definition) is 5. The van der Waals surface area contributed by atoms with Crippen LogP contribution < -0.4 is 5.56 Å². The third kappa shape index (κ3) is 14.6. The molecule has 1 N–H and O–H groups in total. The summed E-state index contributed by atoms with van der Waals surface area (Å²) in [5.74, 6) is 1.52. The summed E-state index contributed by atoms with van der Waals surface area (Å²) in [6, 6.07) is 1.61. The Morgan fingerprint density at radius 1 is 1.07 bits per heavy atom. The molecule has 0 saturated carbocycles. The monoisotopic (exact) mass is 438 g/mol. The third-order valence-electron chi connectivity index (χ3n) is 5.00. The maximum absolute atomic E-state index is 11.7. The van der Waals surface area contributed by atoms with E-state index in [-0.39, 0.29) is 11.5 Å². The minimum Gasteiger partial charge on any atom is -0.466 e. The average Bonchev–Trinajstić information content (AvgIpc) is 2.69. The molecule has 1 aromatic heterocycles. The number of aromatic amines is 1. The van der Waals surface area contributed by atoms with Crippen LogP contribution in [-0.4, -0.2) is 28.3 Å². The van der Waals surface area contributed by atoms with E-state index in [2.05, 4.69) is 30.7 Å². The summed E-state index contributed by atoms with van der Waals surface area (Å²) in [5, 5.41) is 0.761. The van der Waals surface area contributed by atoms with Crippen molar-refractivity contribution in [2.24, 2.45) is 5.92 Å². The smallest absolute Gasteiger partial charge is 0.305 e. The minimum atomic E-state index is -0.0438. The molecule has 0 aliphatic carbocycles. The fourth-order valence-electron chi connectivity index (χ4n) is 3.21. The average molecular weight is 439 g/mol. The lowest BCUT2D eigenvalue weighted by Gasteiger charge is -2.06. The summed E-state index contributed by atoms with van der Waals surface area (Å²) >= 11 is 1.66. The number of H-pyrrole nitrogens is 1. The largest absolute Gasteiger partial charge is 0.466 e. The minimum absolute atomic E-state index is 0.0414. The van der Waals surface area contributed by atoms with Crippen LogP contribution in [0.1, 0.15) is 104 Å². The van der Waals surface area contributed by atoms with Gasteiger partial charge in [-0.15, -0.1) is 0 Å². The SMILES string of the molecule is CCCc1cc(=O)[nH]c(SCCCCCCCCCCCOC(=O)CCC(C)C)n1. The first-order chi connectivity index (χ1) is 14.5. The van der Waals surface area contributed by atoms with Crippen LogP contribution in [0.15, 0.2) is 16.0 Å². The number of thioether (sulfide) groups is 1. The van der Waals surface area contributed by atoms with Crippen LogP contribution >= 0.6 is 11.8 Å². The standard InChI is InChI=1S/C24H42N2O3S/c1-4-14-21-19-22(27)26-24(25-21)30-18-13-11-9-7-5-6-8-10-12-17-29-23(28)16-15-20(2)3/h19-20H,4-18H2,1-3H3,(H,25,26,27). The first-order valence-electron chi connectivity index (χ1n) is 11.9. The number of hydrogen-bond donors (Lipinski definition) is 1. The van der Waals surface area contributed by atoms with Crippen LogP contribution in [0.5, 0.6) is 0 Å². The van der Waals surface area contributed by atoms with Crippen molar-refractivity contribution in [3.05, 3.63) is 22.1 Å². The number of aryl methyl sites for hydroxylation is 1. The van der Waals surface area contributed by atoms with Crippen molar-refractivity contribution < 1.29 is 9.53 Å². The molecule has 0 saturated heterocycles. The predicted molar refractivity (Wildman–Crippen MR) is 126 cm³/mol. The molecule has 5 nitrogen and oxygen atoms in total. The molecule has 0 fully saturated rings. The number of rotatable bonds is 18. The molecular formula is C24H42N2O3S. The van der Waals surface area contributed by atoms with E-state index in [9.17, 15) is 9.59 Å². The predicted octanol–water partition coefficient (Wildman–Crippen LogP) is 6.30. The van der Waals surface area contributed by atoms with Gasteiger partial charge in [-0.2, -0.15) is 0 Å². The maximum atomic E-state index is 11.7. The van der Waals surface area contributed by atoms with Crippen LogP contribution in [0, 0.1) is 5.92 Å². The topological polar surface area (TPSA) is 72.1 Å². The van der Waals surface area contributed by atoms with E-state index in [0.717, 1.165) is 55.1 Å². The molecule has 6 heteroatoms. The van der Waals surface area contributed by atoms with E-state index in [1.54, 1.807) is 17.8 Å². The van der Waals surface area contributed by atoms with Crippen molar-refractivity contribution in [1.82, 2.24) is 9.97 Å². The number of nitrogens with zero attached hydrogens (tertiary/aromatic N) is 1. The van der Waals surface area contributed by atoms with E-state index in [4.69, 9.17) is 4.74 Å². The highest BCUT2D eigenvalue weighted by molar-refractivity contribution is 7.99. The van der Waals surface area contributed by atoms with Crippen LogP contribution in [0.4, 0.5) is 0 Å². The van der Waals surface area contributed by atoms with Crippen molar-refractivity contribution in [1.29, 1.82) is 0 Å². The molecule has 0 bridgehead atoms. The van der Waals surface area contributed by atoms with Gasteiger partial charge in [0.25, 0.3) is 5.56 Å². The molecule has 0 atom stereocenters.